The Morgan fingerprint density at radius 3 is 2.74 bits per heavy atom. The minimum Gasteiger partial charge on any atom is -0.328 e. The summed E-state index contributed by atoms with van der Waals surface area (Å²) in [6, 6.07) is 11.4. The molecule has 2 aliphatic rings. The number of pyridine rings is 1. The van der Waals surface area contributed by atoms with Crippen molar-refractivity contribution in [2.45, 2.75) is 56.8 Å². The normalized spacial score (nSPS) is 22.3. The molecule has 2 fully saturated rings. The first-order valence-corrected chi connectivity index (χ1v) is 9.89. The number of hydrogen-bond donors (Lipinski definition) is 1. The van der Waals surface area contributed by atoms with Crippen LogP contribution >= 0.6 is 0 Å². The first kappa shape index (κ1) is 16.8. The van der Waals surface area contributed by atoms with Crippen LogP contribution in [0.15, 0.2) is 36.5 Å². The van der Waals surface area contributed by atoms with E-state index in [1.54, 1.807) is 0 Å². The molecule has 5 rings (SSSR count). The van der Waals surface area contributed by atoms with E-state index in [0.717, 1.165) is 43.1 Å². The molecule has 2 aliphatic carbocycles. The van der Waals surface area contributed by atoms with Crippen molar-refractivity contribution in [2.24, 2.45) is 5.73 Å². The summed E-state index contributed by atoms with van der Waals surface area (Å²) in [6.07, 6.45) is 6.43. The summed E-state index contributed by atoms with van der Waals surface area (Å²) in [5.41, 5.74) is 8.34. The largest absolute Gasteiger partial charge is 0.328 e. The van der Waals surface area contributed by atoms with Crippen LogP contribution in [0.3, 0.4) is 0 Å². The van der Waals surface area contributed by atoms with Gasteiger partial charge in [-0.15, -0.1) is 10.2 Å². The van der Waals surface area contributed by atoms with Gasteiger partial charge in [-0.1, -0.05) is 18.2 Å². The molecule has 0 spiro atoms. The van der Waals surface area contributed by atoms with Crippen molar-refractivity contribution < 1.29 is 0 Å². The Bertz CT molecular complexity index is 949. The summed E-state index contributed by atoms with van der Waals surface area (Å²) in [6.45, 7) is 1.67. The van der Waals surface area contributed by atoms with E-state index < -0.39 is 0 Å². The summed E-state index contributed by atoms with van der Waals surface area (Å²) in [5, 5.41) is 10.4. The maximum absolute atomic E-state index is 6.00. The highest BCUT2D eigenvalue weighted by atomic mass is 15.3. The van der Waals surface area contributed by atoms with Gasteiger partial charge in [0.05, 0.1) is 12.1 Å². The van der Waals surface area contributed by atoms with Gasteiger partial charge in [0.15, 0.2) is 0 Å². The van der Waals surface area contributed by atoms with Gasteiger partial charge >= 0.3 is 0 Å². The lowest BCUT2D eigenvalue weighted by Crippen LogP contribution is -2.36. The SMILES string of the molecule is CN(Cc1cccc2ncccc12)Cc1nnc(C2CC(N)C2)n1C1CC1. The fraction of sp³-hybridized carbons (Fsp3) is 0.476. The lowest BCUT2D eigenvalue weighted by atomic mass is 9.80. The van der Waals surface area contributed by atoms with E-state index in [2.05, 4.69) is 56.0 Å². The van der Waals surface area contributed by atoms with E-state index in [9.17, 15) is 0 Å². The fourth-order valence-corrected chi connectivity index (χ4v) is 4.22. The molecule has 2 saturated carbocycles. The van der Waals surface area contributed by atoms with Crippen molar-refractivity contribution in [1.29, 1.82) is 0 Å². The number of nitrogens with zero attached hydrogens (tertiary/aromatic N) is 5. The Morgan fingerprint density at radius 1 is 1.11 bits per heavy atom. The van der Waals surface area contributed by atoms with Crippen molar-refractivity contribution in [3.8, 4) is 0 Å². The smallest absolute Gasteiger partial charge is 0.147 e. The number of benzene rings is 1. The first-order valence-electron chi connectivity index (χ1n) is 9.89. The van der Waals surface area contributed by atoms with Gasteiger partial charge < -0.3 is 10.3 Å². The molecule has 6 heteroatoms. The van der Waals surface area contributed by atoms with Crippen LogP contribution in [0.2, 0.25) is 0 Å². The Balaban J connectivity index is 1.36. The van der Waals surface area contributed by atoms with Gasteiger partial charge in [-0.3, -0.25) is 9.88 Å². The summed E-state index contributed by atoms with van der Waals surface area (Å²) >= 11 is 0. The van der Waals surface area contributed by atoms with Crippen molar-refractivity contribution in [3.63, 3.8) is 0 Å². The summed E-state index contributed by atoms with van der Waals surface area (Å²) in [5.74, 6) is 2.75. The molecule has 2 N–H and O–H groups in total. The first-order chi connectivity index (χ1) is 13.2. The number of fused-ring (bicyclic) bond motifs is 1. The Labute approximate surface area is 159 Å². The Hall–Kier alpha value is -2.31. The molecular formula is C21H26N6. The van der Waals surface area contributed by atoms with E-state index in [1.165, 1.54) is 23.8 Å². The molecule has 0 atom stereocenters. The van der Waals surface area contributed by atoms with Gasteiger partial charge in [-0.25, -0.2) is 0 Å². The second kappa shape index (κ2) is 6.69. The third kappa shape index (κ3) is 3.24. The van der Waals surface area contributed by atoms with Crippen molar-refractivity contribution >= 4 is 10.9 Å². The average molecular weight is 362 g/mol. The molecule has 27 heavy (non-hydrogen) atoms. The number of aromatic nitrogens is 4. The maximum Gasteiger partial charge on any atom is 0.147 e. The van der Waals surface area contributed by atoms with E-state index in [1.807, 2.05) is 12.3 Å². The predicted molar refractivity (Wildman–Crippen MR) is 105 cm³/mol. The van der Waals surface area contributed by atoms with E-state index >= 15 is 0 Å². The number of hydrogen-bond acceptors (Lipinski definition) is 5. The van der Waals surface area contributed by atoms with Gasteiger partial charge in [0.1, 0.15) is 11.6 Å². The lowest BCUT2D eigenvalue weighted by Gasteiger charge is -2.32. The average Bonchev–Trinajstić information content (AvgIpc) is 3.40. The van der Waals surface area contributed by atoms with Crippen molar-refractivity contribution in [3.05, 3.63) is 53.7 Å². The van der Waals surface area contributed by atoms with Gasteiger partial charge in [-0.05, 0) is 50.4 Å². The van der Waals surface area contributed by atoms with Crippen molar-refractivity contribution in [1.82, 2.24) is 24.6 Å². The van der Waals surface area contributed by atoms with Crippen LogP contribution in [0, 0.1) is 0 Å². The molecule has 1 aromatic carbocycles. The molecule has 3 aromatic rings. The third-order valence-corrected chi connectivity index (χ3v) is 5.83. The highest BCUT2D eigenvalue weighted by molar-refractivity contribution is 5.81. The minimum atomic E-state index is 0.338. The molecular weight excluding hydrogens is 336 g/mol. The van der Waals surface area contributed by atoms with Crippen LogP contribution in [0.5, 0.6) is 0 Å². The molecule has 0 aliphatic heterocycles. The zero-order chi connectivity index (χ0) is 18.4. The molecule has 0 saturated heterocycles. The molecule has 0 radical (unpaired) electrons. The van der Waals surface area contributed by atoms with Crippen LogP contribution < -0.4 is 5.73 Å². The number of nitrogens with two attached hydrogens (primary N) is 1. The van der Waals surface area contributed by atoms with Gasteiger partial charge in [0.2, 0.25) is 0 Å². The monoisotopic (exact) mass is 362 g/mol. The Kier molecular flexibility index (Phi) is 4.17. The molecule has 0 amide bonds. The van der Waals surface area contributed by atoms with Gasteiger partial charge in [-0.2, -0.15) is 0 Å². The summed E-state index contributed by atoms with van der Waals surface area (Å²) in [4.78, 5) is 6.79. The second-order valence-corrected chi connectivity index (χ2v) is 8.16. The van der Waals surface area contributed by atoms with E-state index in [4.69, 9.17) is 5.73 Å². The van der Waals surface area contributed by atoms with Gasteiger partial charge in [0.25, 0.3) is 0 Å². The molecule has 0 unspecified atom stereocenters. The highest BCUT2D eigenvalue weighted by Crippen LogP contribution is 2.42. The lowest BCUT2D eigenvalue weighted by molar-refractivity contribution is 0.299. The van der Waals surface area contributed by atoms with Crippen LogP contribution in [0.1, 0.15) is 54.9 Å². The van der Waals surface area contributed by atoms with Gasteiger partial charge in [0, 0.05) is 36.1 Å². The molecule has 0 bridgehead atoms. The predicted octanol–water partition coefficient (Wildman–Crippen LogP) is 3.00. The topological polar surface area (TPSA) is 72.9 Å². The second-order valence-electron chi connectivity index (χ2n) is 8.16. The molecule has 2 aromatic heterocycles. The quantitative estimate of drug-likeness (QED) is 0.730. The molecule has 140 valence electrons. The van der Waals surface area contributed by atoms with E-state index in [-0.39, 0.29) is 0 Å². The molecule has 6 nitrogen and oxygen atoms in total. The van der Waals surface area contributed by atoms with Crippen LogP contribution in [0.25, 0.3) is 10.9 Å². The van der Waals surface area contributed by atoms with Crippen LogP contribution in [0.4, 0.5) is 0 Å². The summed E-state index contributed by atoms with van der Waals surface area (Å²) in [7, 11) is 2.15. The van der Waals surface area contributed by atoms with Crippen LogP contribution in [-0.4, -0.2) is 37.7 Å². The zero-order valence-electron chi connectivity index (χ0n) is 15.8. The molecule has 2 heterocycles. The zero-order valence-corrected chi connectivity index (χ0v) is 15.8. The standard InChI is InChI=1S/C21H26N6/c1-26(12-14-4-2-6-19-18(14)5-3-9-23-19)13-20-24-25-21(15-10-16(22)11-15)27(20)17-7-8-17/h2-6,9,15-17H,7-8,10-13,22H2,1H3. The highest BCUT2D eigenvalue weighted by Gasteiger charge is 2.36. The number of rotatable bonds is 6. The van der Waals surface area contributed by atoms with Crippen molar-refractivity contribution in [2.75, 3.05) is 7.05 Å². The third-order valence-electron chi connectivity index (χ3n) is 5.83. The maximum atomic E-state index is 6.00. The Morgan fingerprint density at radius 2 is 1.96 bits per heavy atom. The minimum absolute atomic E-state index is 0.338. The fourth-order valence-electron chi connectivity index (χ4n) is 4.22. The summed E-state index contributed by atoms with van der Waals surface area (Å²) < 4.78 is 2.41. The van der Waals surface area contributed by atoms with E-state index in [0.29, 0.717) is 18.0 Å². The van der Waals surface area contributed by atoms with Crippen LogP contribution in [-0.2, 0) is 13.1 Å².